The molecule has 0 saturated carbocycles. The molecule has 0 bridgehead atoms. The van der Waals surface area contributed by atoms with E-state index in [4.69, 9.17) is 13.8 Å². The van der Waals surface area contributed by atoms with Gasteiger partial charge in [-0.15, -0.1) is 0 Å². The molecule has 234 valence electrons. The minimum Gasteiger partial charge on any atom is -0.414 e. The van der Waals surface area contributed by atoms with E-state index in [-0.39, 0.29) is 16.0 Å². The van der Waals surface area contributed by atoms with Gasteiger partial charge in [-0.1, -0.05) is 53.7 Å². The quantitative estimate of drug-likeness (QED) is 0.157. The topological polar surface area (TPSA) is 118 Å². The third kappa shape index (κ3) is 6.92. The Hall–Kier alpha value is -2.94. The lowest BCUT2D eigenvalue weighted by Gasteiger charge is -2.43. The van der Waals surface area contributed by atoms with Gasteiger partial charge in [0.1, 0.15) is 23.6 Å². The molecule has 0 aliphatic heterocycles. The first-order chi connectivity index (χ1) is 19.8. The highest BCUT2D eigenvalue weighted by Crippen LogP contribution is 2.39. The first kappa shape index (κ1) is 33.0. The lowest BCUT2D eigenvalue weighted by atomic mass is 10.0. The summed E-state index contributed by atoms with van der Waals surface area (Å²) in [5.74, 6) is -0.294. The van der Waals surface area contributed by atoms with Crippen LogP contribution in [0.25, 0.3) is 33.5 Å². The fraction of sp³-hybridized carbons (Fsp3) is 0.548. The van der Waals surface area contributed by atoms with Gasteiger partial charge in [-0.2, -0.15) is 5.10 Å². The summed E-state index contributed by atoms with van der Waals surface area (Å²) in [6, 6.07) is 5.27. The SMILES string of the molecule is CC(CO[Si](C)(C)C(C)(C)C)(CO[Si](C)(C)C(C)(C)C)NC(=O)c1c[nH]c2ncc(-c3n[nH]c4cc(CF)ccc34)nc12. The minimum absolute atomic E-state index is 0.0188. The van der Waals surface area contributed by atoms with E-state index in [0.717, 1.165) is 5.39 Å². The number of hydrogen-bond acceptors (Lipinski definition) is 6. The molecule has 12 heteroatoms. The fourth-order valence-corrected chi connectivity index (χ4v) is 6.32. The van der Waals surface area contributed by atoms with E-state index in [1.807, 2.05) is 13.0 Å². The number of alkyl halides is 1. The second kappa shape index (κ2) is 11.5. The van der Waals surface area contributed by atoms with Gasteiger partial charge in [0.05, 0.1) is 36.0 Å². The third-order valence-electron chi connectivity index (χ3n) is 9.18. The van der Waals surface area contributed by atoms with Crippen molar-refractivity contribution < 1.29 is 18.0 Å². The van der Waals surface area contributed by atoms with Crippen LogP contribution in [0.5, 0.6) is 0 Å². The molecule has 4 aromatic rings. The summed E-state index contributed by atoms with van der Waals surface area (Å²) in [5.41, 5.74) is 2.86. The van der Waals surface area contributed by atoms with Crippen molar-refractivity contribution in [3.05, 3.63) is 41.7 Å². The second-order valence-electron chi connectivity index (χ2n) is 14.9. The molecule has 0 aliphatic rings. The van der Waals surface area contributed by atoms with Gasteiger partial charge in [-0.25, -0.2) is 14.4 Å². The Morgan fingerprint density at radius 3 is 2.14 bits per heavy atom. The maximum absolute atomic E-state index is 13.9. The lowest BCUT2D eigenvalue weighted by molar-refractivity contribution is 0.0755. The van der Waals surface area contributed by atoms with Crippen molar-refractivity contribution >= 4 is 44.6 Å². The first-order valence-electron chi connectivity index (χ1n) is 14.7. The molecule has 0 saturated heterocycles. The van der Waals surface area contributed by atoms with Gasteiger partial charge in [0.15, 0.2) is 22.3 Å². The highest BCUT2D eigenvalue weighted by atomic mass is 28.4. The van der Waals surface area contributed by atoms with Crippen LogP contribution in [0.15, 0.2) is 30.6 Å². The number of H-pyrrole nitrogens is 2. The number of aromatic amines is 2. The standard InChI is InChI=1S/C31H47FN6O3Si2/c1-29(2,3)42(8,9)40-18-31(7,19-41-43(10,11)30(4,5)6)36-28(39)22-16-33-27-26(22)35-24(17-34-27)25-21-13-12-20(15-32)14-23(21)37-38-25/h12-14,16-17H,15,18-19H2,1-11H3,(H,33,34)(H,36,39)(H,37,38). The first-order valence-corrected chi connectivity index (χ1v) is 20.6. The zero-order valence-corrected chi connectivity index (χ0v) is 29.5. The van der Waals surface area contributed by atoms with Crippen molar-refractivity contribution in [3.63, 3.8) is 0 Å². The van der Waals surface area contributed by atoms with E-state index < -0.39 is 28.8 Å². The van der Waals surface area contributed by atoms with E-state index in [9.17, 15) is 9.18 Å². The van der Waals surface area contributed by atoms with E-state index in [1.165, 1.54) is 0 Å². The minimum atomic E-state index is -2.11. The van der Waals surface area contributed by atoms with Crippen LogP contribution in [0.3, 0.4) is 0 Å². The van der Waals surface area contributed by atoms with Crippen LogP contribution in [-0.2, 0) is 15.5 Å². The van der Waals surface area contributed by atoms with Gasteiger partial charge >= 0.3 is 0 Å². The van der Waals surface area contributed by atoms with Crippen LogP contribution < -0.4 is 5.32 Å². The Bertz CT molecular complexity index is 1590. The number of fused-ring (bicyclic) bond motifs is 2. The summed E-state index contributed by atoms with van der Waals surface area (Å²) in [5, 5.41) is 11.4. The Balaban J connectivity index is 1.65. The van der Waals surface area contributed by atoms with Crippen LogP contribution in [0.2, 0.25) is 36.3 Å². The normalized spacial score (nSPS) is 13.7. The maximum atomic E-state index is 13.9. The summed E-state index contributed by atoms with van der Waals surface area (Å²) in [6.07, 6.45) is 3.24. The molecule has 1 aromatic carbocycles. The van der Waals surface area contributed by atoms with E-state index in [0.29, 0.717) is 52.4 Å². The van der Waals surface area contributed by atoms with Crippen molar-refractivity contribution in [2.45, 2.75) is 96.9 Å². The van der Waals surface area contributed by atoms with Crippen molar-refractivity contribution in [1.82, 2.24) is 30.5 Å². The maximum Gasteiger partial charge on any atom is 0.255 e. The lowest BCUT2D eigenvalue weighted by Crippen LogP contribution is -2.58. The molecule has 3 aromatic heterocycles. The number of hydrogen-bond donors (Lipinski definition) is 3. The molecule has 0 atom stereocenters. The van der Waals surface area contributed by atoms with Crippen LogP contribution in [0.4, 0.5) is 4.39 Å². The van der Waals surface area contributed by atoms with Gasteiger partial charge < -0.3 is 19.2 Å². The number of aromatic nitrogens is 5. The van der Waals surface area contributed by atoms with Crippen LogP contribution in [-0.4, -0.2) is 66.4 Å². The molecule has 0 aliphatic carbocycles. The van der Waals surface area contributed by atoms with Crippen molar-refractivity contribution in [2.24, 2.45) is 0 Å². The smallest absolute Gasteiger partial charge is 0.255 e. The molecule has 3 heterocycles. The molecule has 0 radical (unpaired) electrons. The molecule has 1 amide bonds. The highest BCUT2D eigenvalue weighted by molar-refractivity contribution is 6.74. The molecular weight excluding hydrogens is 580 g/mol. The van der Waals surface area contributed by atoms with Crippen molar-refractivity contribution in [3.8, 4) is 11.4 Å². The van der Waals surface area contributed by atoms with Gasteiger partial charge in [-0.05, 0) is 54.8 Å². The zero-order chi connectivity index (χ0) is 32.0. The number of benzene rings is 1. The molecule has 43 heavy (non-hydrogen) atoms. The number of nitrogens with one attached hydrogen (secondary N) is 3. The molecule has 9 nitrogen and oxygen atoms in total. The largest absolute Gasteiger partial charge is 0.414 e. The molecule has 4 rings (SSSR count). The summed E-state index contributed by atoms with van der Waals surface area (Å²) in [7, 11) is -4.22. The van der Waals surface area contributed by atoms with Gasteiger partial charge in [-0.3, -0.25) is 9.89 Å². The van der Waals surface area contributed by atoms with Crippen LogP contribution >= 0.6 is 0 Å². The summed E-state index contributed by atoms with van der Waals surface area (Å²) in [4.78, 5) is 26.3. The number of amides is 1. The monoisotopic (exact) mass is 626 g/mol. The van der Waals surface area contributed by atoms with Crippen LogP contribution in [0.1, 0.15) is 64.4 Å². The van der Waals surface area contributed by atoms with Crippen molar-refractivity contribution in [1.29, 1.82) is 0 Å². The molecule has 3 N–H and O–H groups in total. The number of carbonyl (C=O) groups is 1. The van der Waals surface area contributed by atoms with Crippen molar-refractivity contribution in [2.75, 3.05) is 13.2 Å². The van der Waals surface area contributed by atoms with Gasteiger partial charge in [0.25, 0.3) is 5.91 Å². The summed E-state index contributed by atoms with van der Waals surface area (Å²) in [6.45, 7) is 24.1. The average molecular weight is 627 g/mol. The number of carbonyl (C=O) groups excluding carboxylic acids is 1. The predicted molar refractivity (Wildman–Crippen MR) is 176 cm³/mol. The second-order valence-corrected chi connectivity index (χ2v) is 24.5. The number of halogens is 1. The molecular formula is C31H47FN6O3Si2. The van der Waals surface area contributed by atoms with E-state index in [1.54, 1.807) is 24.5 Å². The molecule has 0 unspecified atom stereocenters. The predicted octanol–water partition coefficient (Wildman–Crippen LogP) is 7.50. The van der Waals surface area contributed by atoms with E-state index in [2.05, 4.69) is 93.2 Å². The number of nitrogens with zero attached hydrogens (tertiary/aromatic N) is 3. The highest BCUT2D eigenvalue weighted by Gasteiger charge is 2.43. The average Bonchev–Trinajstić information content (AvgIpc) is 3.53. The van der Waals surface area contributed by atoms with Gasteiger partial charge in [0.2, 0.25) is 0 Å². The number of rotatable bonds is 10. The molecule has 0 spiro atoms. The Morgan fingerprint density at radius 2 is 1.58 bits per heavy atom. The van der Waals surface area contributed by atoms with Crippen LogP contribution in [0, 0.1) is 0 Å². The van der Waals surface area contributed by atoms with E-state index >= 15 is 0 Å². The summed E-state index contributed by atoms with van der Waals surface area (Å²) < 4.78 is 26.4. The Morgan fingerprint density at radius 1 is 0.977 bits per heavy atom. The molecule has 0 fully saturated rings. The third-order valence-corrected chi connectivity index (χ3v) is 18.1. The van der Waals surface area contributed by atoms with Gasteiger partial charge in [0, 0.05) is 11.6 Å². The zero-order valence-electron chi connectivity index (χ0n) is 27.5. The Labute approximate surface area is 256 Å². The Kier molecular flexibility index (Phi) is 8.84. The summed E-state index contributed by atoms with van der Waals surface area (Å²) >= 11 is 0. The fourth-order valence-electron chi connectivity index (χ4n) is 4.09.